The maximum Gasteiger partial charge on any atom is 0.425 e. The van der Waals surface area contributed by atoms with Crippen molar-refractivity contribution in [1.29, 1.82) is 0 Å². The minimum atomic E-state index is -0.407. The molecule has 0 aliphatic heterocycles. The van der Waals surface area contributed by atoms with Gasteiger partial charge in [-0.1, -0.05) is 27.7 Å². The molecule has 73 valence electrons. The molecule has 1 aliphatic rings. The van der Waals surface area contributed by atoms with Gasteiger partial charge in [-0.05, 0) is 30.1 Å². The number of halogens is 1. The third kappa shape index (κ3) is 5.07. The first-order chi connectivity index (χ1) is 5.86. The fourth-order valence-electron chi connectivity index (χ4n) is 1.13. The van der Waals surface area contributed by atoms with Gasteiger partial charge >= 0.3 is 8.11 Å². The van der Waals surface area contributed by atoms with Gasteiger partial charge in [-0.15, -0.1) is 0 Å². The van der Waals surface area contributed by atoms with Crippen molar-refractivity contribution >= 4 is 19.2 Å². The van der Waals surface area contributed by atoms with Crippen LogP contribution in [-0.2, 0) is 0 Å². The normalized spacial score (nSPS) is 21.5. The average Bonchev–Trinajstić information content (AvgIpc) is 2.17. The van der Waals surface area contributed by atoms with Crippen molar-refractivity contribution < 1.29 is 0 Å². The minimum absolute atomic E-state index is 0.407. The second-order valence-electron chi connectivity index (χ2n) is 3.64. The Bertz CT molecular complexity index is 121. The van der Waals surface area contributed by atoms with Gasteiger partial charge in [0.05, 0.1) is 24.2 Å². The molecule has 0 bridgehead atoms. The molecule has 5 radical (unpaired) electrons. The molecule has 0 nitrogen and oxygen atoms in total. The predicted octanol–water partition coefficient (Wildman–Crippen LogP) is 4.06. The Morgan fingerprint density at radius 1 is 0.923 bits per heavy atom. The first-order valence-corrected chi connectivity index (χ1v) is 8.03. The van der Waals surface area contributed by atoms with E-state index in [2.05, 4.69) is 34.1 Å². The fourth-order valence-corrected chi connectivity index (χ4v) is 1.13. The lowest BCUT2D eigenvalue weighted by Gasteiger charge is -2.12. The van der Waals surface area contributed by atoms with Crippen LogP contribution in [-0.4, -0.2) is 8.11 Å². The Morgan fingerprint density at radius 3 is 1.23 bits per heavy atom. The summed E-state index contributed by atoms with van der Waals surface area (Å²) in [5, 5.41) is 0. The molecule has 0 aromatic heterocycles. The molecule has 1 fully saturated rings. The van der Waals surface area contributed by atoms with E-state index in [4.69, 9.17) is 11.1 Å². The van der Waals surface area contributed by atoms with Crippen LogP contribution in [0.15, 0.2) is 0 Å². The van der Waals surface area contributed by atoms with Crippen LogP contribution in [0.1, 0.15) is 27.7 Å². The van der Waals surface area contributed by atoms with E-state index in [9.17, 15) is 0 Å². The van der Waals surface area contributed by atoms with Crippen LogP contribution in [0, 0.1) is 30.1 Å². The zero-order chi connectivity index (χ0) is 10.6. The Morgan fingerprint density at radius 2 is 1.15 bits per heavy atom. The van der Waals surface area contributed by atoms with Gasteiger partial charge in [0.25, 0.3) is 0 Å². The van der Waals surface area contributed by atoms with Crippen LogP contribution in [0.2, 0.25) is 13.1 Å². The molecule has 0 unspecified atom stereocenters. The summed E-state index contributed by atoms with van der Waals surface area (Å²) in [6.07, 6.45) is 2.24. The van der Waals surface area contributed by atoms with E-state index >= 15 is 0 Å². The lowest BCUT2D eigenvalue weighted by molar-refractivity contribution is 0.973. The molecular weight excluding hydrogens is 196 g/mol. The molecule has 1 rings (SSSR count). The van der Waals surface area contributed by atoms with Crippen LogP contribution in [0.4, 0.5) is 0 Å². The molecule has 0 saturated heterocycles. The molecule has 0 amide bonds. The monoisotopic (exact) mass is 214 g/mol. The van der Waals surface area contributed by atoms with Gasteiger partial charge in [0.15, 0.2) is 0 Å². The molecule has 0 spiro atoms. The van der Waals surface area contributed by atoms with Crippen LogP contribution < -0.4 is 0 Å². The van der Waals surface area contributed by atoms with E-state index in [1.807, 2.05) is 13.1 Å². The highest BCUT2D eigenvalue weighted by Gasteiger charge is 2.34. The zero-order valence-corrected chi connectivity index (χ0v) is 11.2. The van der Waals surface area contributed by atoms with Crippen molar-refractivity contribution in [3.05, 3.63) is 30.1 Å². The van der Waals surface area contributed by atoms with E-state index in [0.29, 0.717) is 0 Å². The minimum Gasteiger partial charge on any atom is -0.0582 e. The van der Waals surface area contributed by atoms with E-state index in [-0.39, 0.29) is 0 Å². The Balaban J connectivity index is 0.000000310. The van der Waals surface area contributed by atoms with Crippen LogP contribution in [0.3, 0.4) is 0 Å². The van der Waals surface area contributed by atoms with E-state index in [1.54, 1.807) is 0 Å². The van der Waals surface area contributed by atoms with Gasteiger partial charge in [0.2, 0.25) is 0 Å². The molecule has 13 heavy (non-hydrogen) atoms. The Kier molecular flexibility index (Phi) is 6.31. The van der Waals surface area contributed by atoms with Crippen molar-refractivity contribution in [3.63, 3.8) is 0 Å². The molecule has 0 aromatic carbocycles. The smallest absolute Gasteiger partial charge is 0.0582 e. The summed E-state index contributed by atoms with van der Waals surface area (Å²) in [5.74, 6) is 5.75. The predicted molar refractivity (Wildman–Crippen MR) is 63.3 cm³/mol. The van der Waals surface area contributed by atoms with E-state index in [0.717, 1.165) is 0 Å². The standard InChI is InChI=1S/C9H13.C2H6ClSi/c1-6-5-7(2)9(4)8(6)3;1-4(2)3/h5H,1-4H3;1-2H3/q;+1. The van der Waals surface area contributed by atoms with Gasteiger partial charge < -0.3 is 0 Å². The van der Waals surface area contributed by atoms with Crippen molar-refractivity contribution in [2.75, 3.05) is 0 Å². The highest BCUT2D eigenvalue weighted by molar-refractivity contribution is 7.05. The van der Waals surface area contributed by atoms with Crippen molar-refractivity contribution in [1.82, 2.24) is 0 Å². The maximum absolute atomic E-state index is 5.38. The Hall–Kier alpha value is 0.507. The maximum atomic E-state index is 5.38. The number of hydrogen-bond donors (Lipinski definition) is 0. The second kappa shape index (κ2) is 6.08. The summed E-state index contributed by atoms with van der Waals surface area (Å²) in [6.45, 7) is 12.7. The first kappa shape index (κ1) is 13.5. The average molecular weight is 215 g/mol. The van der Waals surface area contributed by atoms with Crippen molar-refractivity contribution in [2.24, 2.45) is 0 Å². The third-order valence-electron chi connectivity index (χ3n) is 2.18. The summed E-state index contributed by atoms with van der Waals surface area (Å²) in [7, 11) is -0.407. The van der Waals surface area contributed by atoms with Gasteiger partial charge in [0, 0.05) is 0 Å². The van der Waals surface area contributed by atoms with Gasteiger partial charge in [-0.2, -0.15) is 0 Å². The molecule has 0 atom stereocenters. The second-order valence-corrected chi connectivity index (χ2v) is 7.66. The van der Waals surface area contributed by atoms with Crippen molar-refractivity contribution in [2.45, 2.75) is 40.8 Å². The molecule has 0 aromatic rings. The van der Waals surface area contributed by atoms with E-state index in [1.165, 1.54) is 23.7 Å². The summed E-state index contributed by atoms with van der Waals surface area (Å²) in [4.78, 5) is 0. The largest absolute Gasteiger partial charge is 0.425 e. The van der Waals surface area contributed by atoms with Crippen LogP contribution in [0.5, 0.6) is 0 Å². The summed E-state index contributed by atoms with van der Waals surface area (Å²) in [6, 6.07) is 0. The topological polar surface area (TPSA) is 0 Å². The van der Waals surface area contributed by atoms with Gasteiger partial charge in [-0.3, -0.25) is 0 Å². The quantitative estimate of drug-likeness (QED) is 0.422. The Labute approximate surface area is 90.4 Å². The molecule has 0 N–H and O–H groups in total. The van der Waals surface area contributed by atoms with E-state index < -0.39 is 8.11 Å². The molecule has 0 heterocycles. The van der Waals surface area contributed by atoms with Crippen LogP contribution in [0.25, 0.3) is 0 Å². The fraction of sp³-hybridized carbons (Fsp3) is 0.545. The number of rotatable bonds is 0. The van der Waals surface area contributed by atoms with Gasteiger partial charge in [0.1, 0.15) is 0 Å². The SMILES string of the molecule is C[C]1[CH][C](C)[C](C)[C]1C.C[Si+](C)Cl. The summed E-state index contributed by atoms with van der Waals surface area (Å²) >= 11 is 5.38. The lowest BCUT2D eigenvalue weighted by atomic mass is 9.92. The molecular formula is C11H19ClSi+. The van der Waals surface area contributed by atoms with Gasteiger partial charge in [-0.25, -0.2) is 0 Å². The summed E-state index contributed by atoms with van der Waals surface area (Å²) < 4.78 is 0. The molecule has 1 aliphatic carbocycles. The summed E-state index contributed by atoms with van der Waals surface area (Å²) in [5.41, 5.74) is 0. The molecule has 2 heteroatoms. The van der Waals surface area contributed by atoms with Crippen LogP contribution >= 0.6 is 11.1 Å². The lowest BCUT2D eigenvalue weighted by Crippen LogP contribution is -2.00. The highest BCUT2D eigenvalue weighted by Crippen LogP contribution is 2.45. The molecule has 1 saturated carbocycles. The third-order valence-corrected chi connectivity index (χ3v) is 2.18. The first-order valence-electron chi connectivity index (χ1n) is 4.52. The highest BCUT2D eigenvalue weighted by atomic mass is 35.6. The number of hydrogen-bond acceptors (Lipinski definition) is 0. The zero-order valence-electron chi connectivity index (χ0n) is 9.46. The van der Waals surface area contributed by atoms with Crippen molar-refractivity contribution in [3.8, 4) is 0 Å².